The zero-order valence-corrected chi connectivity index (χ0v) is 48.0. The number of rotatable bonds is 56. The minimum Gasteiger partial charge on any atom is -0.457 e. The molecule has 13 heteroatoms. The van der Waals surface area contributed by atoms with Crippen LogP contribution >= 0.6 is 0 Å². The quantitative estimate of drug-likeness (QED) is 0.0196. The highest BCUT2D eigenvalue weighted by atomic mass is 32.3. The number of hydrogen-bond donors (Lipinski definition) is 4. The van der Waals surface area contributed by atoms with E-state index in [2.05, 4.69) is 30.2 Å². The first-order valence-electron chi connectivity index (χ1n) is 30.9. The van der Waals surface area contributed by atoms with Crippen LogP contribution in [-0.4, -0.2) is 97.5 Å². The van der Waals surface area contributed by atoms with E-state index in [0.717, 1.165) is 38.5 Å². The van der Waals surface area contributed by atoms with Crippen molar-refractivity contribution in [2.45, 2.75) is 340 Å². The summed E-state index contributed by atoms with van der Waals surface area (Å²) in [6, 6.07) is 0. The van der Waals surface area contributed by atoms with Crippen molar-refractivity contribution < 1.29 is 56.2 Å². The van der Waals surface area contributed by atoms with Crippen molar-refractivity contribution in [3.63, 3.8) is 0 Å². The Bertz CT molecular complexity index is 1320. The molecule has 0 aromatic rings. The molecule has 6 atom stereocenters. The summed E-state index contributed by atoms with van der Waals surface area (Å²) in [4.78, 5) is 13.0. The van der Waals surface area contributed by atoms with E-state index in [1.165, 1.54) is 238 Å². The number of aliphatic hydroxyl groups is 3. The van der Waals surface area contributed by atoms with Crippen molar-refractivity contribution in [1.82, 2.24) is 0 Å². The average Bonchev–Trinajstić information content (AvgIpc) is 3.37. The minimum absolute atomic E-state index is 0.0426. The van der Waals surface area contributed by atoms with Gasteiger partial charge in [0.05, 0.1) is 19.8 Å². The predicted molar refractivity (Wildman–Crippen MR) is 299 cm³/mol. The Hall–Kier alpha value is -1.16. The molecule has 0 aromatic heterocycles. The molecule has 434 valence electrons. The van der Waals surface area contributed by atoms with Gasteiger partial charge >= 0.3 is 16.4 Å². The average molecular weight is 1060 g/mol. The number of unbranched alkanes of at least 4 members (excludes halogenated alkanes) is 41. The van der Waals surface area contributed by atoms with Crippen LogP contribution in [0.25, 0.3) is 0 Å². The molecular formula is C60H116O12S. The number of carbonyl (C=O) groups is 1. The second kappa shape index (κ2) is 51.6. The van der Waals surface area contributed by atoms with Gasteiger partial charge in [-0.1, -0.05) is 270 Å². The van der Waals surface area contributed by atoms with E-state index in [0.29, 0.717) is 13.0 Å². The van der Waals surface area contributed by atoms with Crippen molar-refractivity contribution in [1.29, 1.82) is 0 Å². The van der Waals surface area contributed by atoms with Crippen LogP contribution in [0.15, 0.2) is 12.2 Å². The summed E-state index contributed by atoms with van der Waals surface area (Å²) in [5, 5.41) is 30.9. The van der Waals surface area contributed by atoms with Gasteiger partial charge in [-0.2, -0.15) is 8.42 Å². The van der Waals surface area contributed by atoms with E-state index >= 15 is 0 Å². The second-order valence-electron chi connectivity index (χ2n) is 21.7. The SMILES string of the molecule is CCCCCCCCCC/C=C\CCCCCCCCCCCCCCOCC(COC1OC(CO)C(O)C(OS(=O)(=O)O)C1O)OC(=O)CCCCCCCCCCCCCCCCCCCCCCCC. The second-order valence-corrected chi connectivity index (χ2v) is 22.7. The number of allylic oxidation sites excluding steroid dienone is 2. The third-order valence-electron chi connectivity index (χ3n) is 14.6. The third-order valence-corrected chi connectivity index (χ3v) is 15.1. The van der Waals surface area contributed by atoms with Gasteiger partial charge in [-0.25, -0.2) is 4.18 Å². The number of ether oxygens (including phenoxy) is 4. The van der Waals surface area contributed by atoms with Crippen LogP contribution < -0.4 is 0 Å². The highest BCUT2D eigenvalue weighted by Gasteiger charge is 2.48. The van der Waals surface area contributed by atoms with Crippen LogP contribution in [0.2, 0.25) is 0 Å². The summed E-state index contributed by atoms with van der Waals surface area (Å²) in [6.45, 7) is 4.07. The monoisotopic (exact) mass is 1060 g/mol. The summed E-state index contributed by atoms with van der Waals surface area (Å²) >= 11 is 0. The molecule has 12 nitrogen and oxygen atoms in total. The molecule has 0 aromatic carbocycles. The highest BCUT2D eigenvalue weighted by Crippen LogP contribution is 2.26. The van der Waals surface area contributed by atoms with Gasteiger partial charge < -0.3 is 34.3 Å². The van der Waals surface area contributed by atoms with Gasteiger partial charge in [-0.15, -0.1) is 0 Å². The molecule has 73 heavy (non-hydrogen) atoms. The molecule has 0 amide bonds. The van der Waals surface area contributed by atoms with Crippen LogP contribution in [0.1, 0.15) is 303 Å². The number of esters is 1. The Morgan fingerprint density at radius 2 is 0.863 bits per heavy atom. The lowest BCUT2D eigenvalue weighted by atomic mass is 9.99. The lowest BCUT2D eigenvalue weighted by Crippen LogP contribution is -2.60. The number of aliphatic hydroxyl groups excluding tert-OH is 3. The summed E-state index contributed by atoms with van der Waals surface area (Å²) in [7, 11) is -5.07. The maximum absolute atomic E-state index is 13.0. The Morgan fingerprint density at radius 3 is 1.23 bits per heavy atom. The molecule has 0 bridgehead atoms. The molecule has 4 N–H and O–H groups in total. The summed E-state index contributed by atoms with van der Waals surface area (Å²) in [5.74, 6) is -0.390. The summed E-state index contributed by atoms with van der Waals surface area (Å²) in [6.07, 6.45) is 52.6. The van der Waals surface area contributed by atoms with Gasteiger partial charge in [0.2, 0.25) is 0 Å². The number of carbonyl (C=O) groups excluding carboxylic acids is 1. The van der Waals surface area contributed by atoms with E-state index in [4.69, 9.17) is 18.9 Å². The largest absolute Gasteiger partial charge is 0.457 e. The Morgan fingerprint density at radius 1 is 0.507 bits per heavy atom. The molecule has 1 fully saturated rings. The van der Waals surface area contributed by atoms with E-state index in [-0.39, 0.29) is 25.6 Å². The normalized spacial score (nSPS) is 18.8. The van der Waals surface area contributed by atoms with Gasteiger partial charge in [-0.05, 0) is 38.5 Å². The van der Waals surface area contributed by atoms with E-state index in [1.54, 1.807) is 0 Å². The van der Waals surface area contributed by atoms with E-state index in [1.807, 2.05) is 0 Å². The Kier molecular flexibility index (Phi) is 49.4. The fraction of sp³-hybridized carbons (Fsp3) is 0.950. The van der Waals surface area contributed by atoms with Gasteiger partial charge in [0.25, 0.3) is 0 Å². The lowest BCUT2D eigenvalue weighted by Gasteiger charge is -2.41. The van der Waals surface area contributed by atoms with Crippen LogP contribution in [0.5, 0.6) is 0 Å². The van der Waals surface area contributed by atoms with Crippen molar-refractivity contribution in [3.8, 4) is 0 Å². The molecule has 1 heterocycles. The van der Waals surface area contributed by atoms with Crippen LogP contribution in [0.4, 0.5) is 0 Å². The van der Waals surface area contributed by atoms with Crippen molar-refractivity contribution in [3.05, 3.63) is 12.2 Å². The van der Waals surface area contributed by atoms with Gasteiger partial charge in [0.1, 0.15) is 30.5 Å². The van der Waals surface area contributed by atoms with Gasteiger partial charge in [0, 0.05) is 13.0 Å². The highest BCUT2D eigenvalue weighted by molar-refractivity contribution is 7.80. The molecule has 1 aliphatic rings. The zero-order valence-electron chi connectivity index (χ0n) is 47.2. The minimum atomic E-state index is -5.07. The number of hydrogen-bond acceptors (Lipinski definition) is 11. The molecule has 0 radical (unpaired) electrons. The van der Waals surface area contributed by atoms with Crippen LogP contribution in [0, 0.1) is 0 Å². The smallest absolute Gasteiger partial charge is 0.397 e. The topological polar surface area (TPSA) is 178 Å². The van der Waals surface area contributed by atoms with Gasteiger partial charge in [0.15, 0.2) is 6.29 Å². The first-order chi connectivity index (χ1) is 35.6. The fourth-order valence-electron chi connectivity index (χ4n) is 9.97. The van der Waals surface area contributed by atoms with Crippen molar-refractivity contribution in [2.24, 2.45) is 0 Å². The first-order valence-corrected chi connectivity index (χ1v) is 32.3. The Balaban J connectivity index is 2.25. The molecule has 1 saturated heterocycles. The standard InChI is InChI=1S/C60H116O12S/c1-3-5-7-9-11-13-15-17-19-21-23-25-27-28-30-32-34-36-38-40-42-44-46-48-50-68-52-54(53-69-60-58(64)59(72-73(65,66)67)57(63)55(51-61)71-60)70-56(62)49-47-45-43-41-39-37-35-33-31-29-26-24-22-20-18-16-14-12-10-8-6-4-2/h21,23,54-55,57-61,63-64H,3-20,22,24-53H2,1-2H3,(H,65,66,67)/b23-21-. The molecule has 6 unspecified atom stereocenters. The van der Waals surface area contributed by atoms with Crippen molar-refractivity contribution in [2.75, 3.05) is 26.4 Å². The van der Waals surface area contributed by atoms with E-state index < -0.39 is 53.8 Å². The molecule has 1 aliphatic heterocycles. The molecule has 0 aliphatic carbocycles. The first kappa shape index (κ1) is 69.9. The molecule has 0 spiro atoms. The fourth-order valence-corrected chi connectivity index (χ4v) is 10.5. The molecule has 1 rings (SSSR count). The molecule has 0 saturated carbocycles. The van der Waals surface area contributed by atoms with E-state index in [9.17, 15) is 33.1 Å². The molecular weight excluding hydrogens is 945 g/mol. The maximum Gasteiger partial charge on any atom is 0.397 e. The maximum atomic E-state index is 13.0. The summed E-state index contributed by atoms with van der Waals surface area (Å²) < 4.78 is 59.5. The predicted octanol–water partition coefficient (Wildman–Crippen LogP) is 15.7. The van der Waals surface area contributed by atoms with Crippen LogP contribution in [-0.2, 0) is 38.3 Å². The zero-order chi connectivity index (χ0) is 53.1. The lowest BCUT2D eigenvalue weighted by molar-refractivity contribution is -0.301. The summed E-state index contributed by atoms with van der Waals surface area (Å²) in [5.41, 5.74) is 0. The van der Waals surface area contributed by atoms with Crippen LogP contribution in [0.3, 0.4) is 0 Å². The third kappa shape index (κ3) is 44.5. The van der Waals surface area contributed by atoms with Gasteiger partial charge in [-0.3, -0.25) is 9.35 Å². The van der Waals surface area contributed by atoms with Crippen molar-refractivity contribution >= 4 is 16.4 Å². The Labute approximate surface area is 449 Å².